The van der Waals surface area contributed by atoms with Crippen LogP contribution in [-0.4, -0.2) is 14.1 Å². The zero-order valence-electron chi connectivity index (χ0n) is 14.4. The van der Waals surface area contributed by atoms with Crippen molar-refractivity contribution in [3.63, 3.8) is 0 Å². The summed E-state index contributed by atoms with van der Waals surface area (Å²) in [6.07, 6.45) is 8.45. The molecule has 0 bridgehead atoms. The molecule has 1 unspecified atom stereocenters. The van der Waals surface area contributed by atoms with Crippen molar-refractivity contribution in [2.45, 2.75) is 77.7 Å². The molecule has 0 aromatic heterocycles. The monoisotopic (exact) mass is 303 g/mol. The minimum Gasteiger partial charge on any atom is -0.310 e. The fraction of sp³-hybridized carbons (Fsp3) is 0.684. The van der Waals surface area contributed by atoms with Gasteiger partial charge in [-0.25, -0.2) is 0 Å². The molecule has 0 spiro atoms. The first-order valence-corrected chi connectivity index (χ1v) is 12.3. The number of rotatable bonds is 6. The molecule has 118 valence electrons. The molecule has 1 aromatic rings. The van der Waals surface area contributed by atoms with Crippen LogP contribution in [0.3, 0.4) is 0 Å². The van der Waals surface area contributed by atoms with Crippen molar-refractivity contribution in [2.24, 2.45) is 5.92 Å². The molecule has 0 heterocycles. The van der Waals surface area contributed by atoms with E-state index in [0.29, 0.717) is 6.04 Å². The number of hydrogen-bond acceptors (Lipinski definition) is 1. The van der Waals surface area contributed by atoms with E-state index in [0.717, 1.165) is 12.5 Å². The summed E-state index contributed by atoms with van der Waals surface area (Å²) in [5.74, 6) is 0.907. The second-order valence-electron chi connectivity index (χ2n) is 7.74. The van der Waals surface area contributed by atoms with E-state index in [-0.39, 0.29) is 0 Å². The Morgan fingerprint density at radius 2 is 1.67 bits per heavy atom. The van der Waals surface area contributed by atoms with Gasteiger partial charge in [0.2, 0.25) is 0 Å². The van der Waals surface area contributed by atoms with Crippen molar-refractivity contribution in [2.75, 3.05) is 0 Å². The summed E-state index contributed by atoms with van der Waals surface area (Å²) in [4.78, 5) is 0. The lowest BCUT2D eigenvalue weighted by molar-refractivity contribution is 0.262. The molecular weight excluding hydrogens is 270 g/mol. The summed E-state index contributed by atoms with van der Waals surface area (Å²) < 4.78 is 0. The second-order valence-corrected chi connectivity index (χ2v) is 12.8. The third-order valence-corrected chi connectivity index (χ3v) is 7.11. The van der Waals surface area contributed by atoms with E-state index in [1.807, 2.05) is 0 Å². The molecule has 0 radical (unpaired) electrons. The first-order chi connectivity index (χ1) is 10.0. The van der Waals surface area contributed by atoms with E-state index >= 15 is 0 Å². The second kappa shape index (κ2) is 7.60. The highest BCUT2D eigenvalue weighted by molar-refractivity contribution is 6.88. The molecular formula is C19H33NSi. The van der Waals surface area contributed by atoms with Crippen molar-refractivity contribution in [3.05, 3.63) is 29.8 Å². The largest absolute Gasteiger partial charge is 0.310 e. The van der Waals surface area contributed by atoms with Gasteiger partial charge in [0, 0.05) is 12.6 Å². The van der Waals surface area contributed by atoms with Gasteiger partial charge in [0.05, 0.1) is 8.07 Å². The Hall–Kier alpha value is -0.603. The Morgan fingerprint density at radius 1 is 1.05 bits per heavy atom. The Kier molecular flexibility index (Phi) is 6.06. The molecule has 0 amide bonds. The maximum Gasteiger partial charge on any atom is 0.0775 e. The minimum absolute atomic E-state index is 0.710. The van der Waals surface area contributed by atoms with Gasteiger partial charge in [0.25, 0.3) is 0 Å². The van der Waals surface area contributed by atoms with Gasteiger partial charge in [0.15, 0.2) is 0 Å². The lowest BCUT2D eigenvalue weighted by Gasteiger charge is -2.30. The molecule has 0 aliphatic heterocycles. The highest BCUT2D eigenvalue weighted by atomic mass is 28.3. The van der Waals surface area contributed by atoms with Crippen molar-refractivity contribution in [3.8, 4) is 0 Å². The molecule has 21 heavy (non-hydrogen) atoms. The summed E-state index contributed by atoms with van der Waals surface area (Å²) in [7, 11) is -1.16. The van der Waals surface area contributed by atoms with Crippen LogP contribution in [-0.2, 0) is 6.54 Å². The fourth-order valence-electron chi connectivity index (χ4n) is 3.55. The maximum atomic E-state index is 3.82. The fourth-order valence-corrected chi connectivity index (χ4v) is 4.72. The number of nitrogens with one attached hydrogen (secondary N) is 1. The van der Waals surface area contributed by atoms with Gasteiger partial charge in [0.1, 0.15) is 0 Å². The number of hydrogen-bond donors (Lipinski definition) is 1. The minimum atomic E-state index is -1.16. The van der Waals surface area contributed by atoms with Crippen LogP contribution in [0.25, 0.3) is 0 Å². The summed E-state index contributed by atoms with van der Waals surface area (Å²) in [6.45, 7) is 10.6. The van der Waals surface area contributed by atoms with E-state index in [9.17, 15) is 0 Å². The molecule has 1 aliphatic carbocycles. The van der Waals surface area contributed by atoms with E-state index in [4.69, 9.17) is 0 Å². The normalized spacial score (nSPS) is 18.7. The third kappa shape index (κ3) is 4.96. The lowest BCUT2D eigenvalue weighted by Crippen LogP contribution is -2.38. The Balaban J connectivity index is 1.89. The molecule has 1 atom stereocenters. The van der Waals surface area contributed by atoms with Crippen molar-refractivity contribution < 1.29 is 0 Å². The molecule has 1 fully saturated rings. The highest BCUT2D eigenvalue weighted by Gasteiger charge is 2.21. The Labute approximate surface area is 132 Å². The van der Waals surface area contributed by atoms with Crippen LogP contribution in [0.2, 0.25) is 19.6 Å². The van der Waals surface area contributed by atoms with E-state index in [1.165, 1.54) is 44.1 Å². The van der Waals surface area contributed by atoms with E-state index in [1.54, 1.807) is 5.19 Å². The van der Waals surface area contributed by atoms with Crippen molar-refractivity contribution >= 4 is 13.3 Å². The van der Waals surface area contributed by atoms with Gasteiger partial charge in [-0.1, -0.05) is 75.3 Å². The van der Waals surface area contributed by atoms with Gasteiger partial charge in [-0.15, -0.1) is 0 Å². The van der Waals surface area contributed by atoms with Gasteiger partial charge in [-0.2, -0.15) is 0 Å². The smallest absolute Gasteiger partial charge is 0.0775 e. The van der Waals surface area contributed by atoms with Crippen molar-refractivity contribution in [1.82, 2.24) is 5.32 Å². The van der Waals surface area contributed by atoms with Crippen LogP contribution in [0.1, 0.15) is 51.0 Å². The molecule has 1 N–H and O–H groups in total. The zero-order valence-corrected chi connectivity index (χ0v) is 15.4. The van der Waals surface area contributed by atoms with Crippen LogP contribution in [0.4, 0.5) is 0 Å². The zero-order chi connectivity index (χ0) is 15.3. The Morgan fingerprint density at radius 3 is 2.19 bits per heavy atom. The summed E-state index contributed by atoms with van der Waals surface area (Å²) in [6, 6.07) is 10.1. The average molecular weight is 304 g/mol. The summed E-state index contributed by atoms with van der Waals surface area (Å²) in [5.41, 5.74) is 1.44. The van der Waals surface area contributed by atoms with Crippen LogP contribution in [0.15, 0.2) is 24.3 Å². The van der Waals surface area contributed by atoms with Gasteiger partial charge < -0.3 is 5.32 Å². The third-order valence-electron chi connectivity index (χ3n) is 5.05. The Bertz CT molecular complexity index is 412. The van der Waals surface area contributed by atoms with E-state index < -0.39 is 8.07 Å². The predicted molar refractivity (Wildman–Crippen MR) is 96.9 cm³/mol. The quantitative estimate of drug-likeness (QED) is 0.752. The lowest BCUT2D eigenvalue weighted by atomic mass is 9.83. The summed E-state index contributed by atoms with van der Waals surface area (Å²) >= 11 is 0. The standard InChI is InChI=1S/C19H33NSi/c1-5-19(17-9-7-6-8-10-17)20-15-16-11-13-18(14-12-16)21(2,3)4/h11-14,17,19-20H,5-10,15H2,1-4H3. The van der Waals surface area contributed by atoms with Crippen LogP contribution in [0.5, 0.6) is 0 Å². The van der Waals surface area contributed by atoms with Crippen LogP contribution < -0.4 is 10.5 Å². The van der Waals surface area contributed by atoms with Gasteiger partial charge in [-0.3, -0.25) is 0 Å². The molecule has 2 heteroatoms. The molecule has 1 aromatic carbocycles. The first kappa shape index (κ1) is 16.8. The molecule has 2 rings (SSSR count). The van der Waals surface area contributed by atoms with Crippen molar-refractivity contribution in [1.29, 1.82) is 0 Å². The van der Waals surface area contributed by atoms with Gasteiger partial charge in [-0.05, 0) is 30.7 Å². The van der Waals surface area contributed by atoms with Crippen LogP contribution >= 0.6 is 0 Å². The summed E-state index contributed by atoms with van der Waals surface area (Å²) in [5, 5.41) is 5.39. The molecule has 1 aliphatic rings. The molecule has 1 saturated carbocycles. The molecule has 0 saturated heterocycles. The van der Waals surface area contributed by atoms with Crippen LogP contribution in [0, 0.1) is 5.92 Å². The number of benzene rings is 1. The van der Waals surface area contributed by atoms with Gasteiger partial charge >= 0.3 is 0 Å². The maximum absolute atomic E-state index is 3.82. The highest BCUT2D eigenvalue weighted by Crippen LogP contribution is 2.27. The molecule has 1 nitrogen and oxygen atoms in total. The SMILES string of the molecule is CCC(NCc1ccc([Si](C)(C)C)cc1)C1CCCCC1. The average Bonchev–Trinajstić information content (AvgIpc) is 2.48. The topological polar surface area (TPSA) is 12.0 Å². The first-order valence-electron chi connectivity index (χ1n) is 8.83. The predicted octanol–water partition coefficient (Wildman–Crippen LogP) is 4.68. The van der Waals surface area contributed by atoms with E-state index in [2.05, 4.69) is 56.1 Å².